The Kier molecular flexibility index (Phi) is 5.56. The van der Waals surface area contributed by atoms with E-state index in [1.165, 1.54) is 14.2 Å². The van der Waals surface area contributed by atoms with Gasteiger partial charge in [0.05, 0.1) is 6.54 Å². The molecule has 0 radical (unpaired) electrons. The van der Waals surface area contributed by atoms with E-state index in [9.17, 15) is 9.59 Å². The Balaban J connectivity index is 1.89. The molecule has 0 aliphatic carbocycles. The molecule has 0 unspecified atom stereocenters. The van der Waals surface area contributed by atoms with Gasteiger partial charge in [0, 0.05) is 26.0 Å². The number of carbonyl (C=O) groups excluding carboxylic acids is 2. The van der Waals surface area contributed by atoms with Crippen molar-refractivity contribution in [3.8, 4) is 11.5 Å². The van der Waals surface area contributed by atoms with Gasteiger partial charge in [-0.25, -0.2) is 0 Å². The van der Waals surface area contributed by atoms with E-state index in [-0.39, 0.29) is 6.54 Å². The Hall–Kier alpha value is -2.32. The molecule has 22 heavy (non-hydrogen) atoms. The number of methoxy groups -OCH3 is 2. The maximum absolute atomic E-state index is 11.8. The number of hydrogen-bond donors (Lipinski definition) is 2. The summed E-state index contributed by atoms with van der Waals surface area (Å²) < 4.78 is 20.6. The Morgan fingerprint density at radius 3 is 2.50 bits per heavy atom. The number of nitrogens with one attached hydrogen (secondary N) is 2. The highest BCUT2D eigenvalue weighted by Crippen LogP contribution is 2.32. The first-order chi connectivity index (χ1) is 10.6. The molecule has 0 saturated carbocycles. The van der Waals surface area contributed by atoms with Gasteiger partial charge in [-0.1, -0.05) is 0 Å². The maximum Gasteiger partial charge on any atom is 0.313 e. The Bertz CT molecular complexity index is 544. The highest BCUT2D eigenvalue weighted by molar-refractivity contribution is 6.39. The zero-order valence-corrected chi connectivity index (χ0v) is 12.4. The second-order valence-electron chi connectivity index (χ2n) is 4.42. The van der Waals surface area contributed by atoms with Gasteiger partial charge in [-0.2, -0.15) is 0 Å². The van der Waals surface area contributed by atoms with Gasteiger partial charge >= 0.3 is 11.8 Å². The fraction of sp³-hybridized carbons (Fsp3) is 0.429. The predicted octanol–water partition coefficient (Wildman–Crippen LogP) is 0.131. The number of rotatable bonds is 5. The smallest absolute Gasteiger partial charge is 0.313 e. The van der Waals surface area contributed by atoms with E-state index in [4.69, 9.17) is 18.9 Å². The van der Waals surface area contributed by atoms with Crippen LogP contribution in [0, 0.1) is 0 Å². The molecule has 0 bridgehead atoms. The molecule has 1 aliphatic heterocycles. The summed E-state index contributed by atoms with van der Waals surface area (Å²) >= 11 is 0. The van der Waals surface area contributed by atoms with Crippen LogP contribution in [0.25, 0.3) is 0 Å². The first-order valence-corrected chi connectivity index (χ1v) is 6.68. The lowest BCUT2D eigenvalue weighted by molar-refractivity contribution is -0.139. The van der Waals surface area contributed by atoms with E-state index in [0.29, 0.717) is 30.4 Å². The summed E-state index contributed by atoms with van der Waals surface area (Å²) in [5, 5.41) is 4.89. The zero-order valence-electron chi connectivity index (χ0n) is 12.4. The summed E-state index contributed by atoms with van der Waals surface area (Å²) in [7, 11) is 2.88. The normalized spacial score (nSPS) is 12.9. The summed E-state index contributed by atoms with van der Waals surface area (Å²) in [4.78, 5) is 23.5. The van der Waals surface area contributed by atoms with Crippen molar-refractivity contribution in [2.75, 3.05) is 39.3 Å². The quantitative estimate of drug-likeness (QED) is 0.593. The van der Waals surface area contributed by atoms with Crippen LogP contribution in [0.15, 0.2) is 18.2 Å². The molecule has 2 rings (SSSR count). The summed E-state index contributed by atoms with van der Waals surface area (Å²) in [5.41, 5.74) is 0.444. The van der Waals surface area contributed by atoms with Gasteiger partial charge in [0.1, 0.15) is 13.2 Å². The van der Waals surface area contributed by atoms with E-state index in [1.54, 1.807) is 18.2 Å². The third-order valence-electron chi connectivity index (χ3n) is 2.96. The van der Waals surface area contributed by atoms with Crippen molar-refractivity contribution in [2.24, 2.45) is 0 Å². The lowest BCUT2D eigenvalue weighted by atomic mass is 10.2. The Morgan fingerprint density at radius 2 is 1.82 bits per heavy atom. The lowest BCUT2D eigenvalue weighted by Crippen LogP contribution is -2.40. The highest BCUT2D eigenvalue weighted by atomic mass is 16.7. The van der Waals surface area contributed by atoms with Crippen molar-refractivity contribution in [1.82, 2.24) is 5.32 Å². The van der Waals surface area contributed by atoms with Crippen LogP contribution in [0.4, 0.5) is 5.69 Å². The Labute approximate surface area is 127 Å². The number of amides is 2. The number of benzene rings is 1. The topological polar surface area (TPSA) is 95.1 Å². The van der Waals surface area contributed by atoms with E-state index in [1.807, 2.05) is 0 Å². The predicted molar refractivity (Wildman–Crippen MR) is 76.9 cm³/mol. The summed E-state index contributed by atoms with van der Waals surface area (Å²) in [6, 6.07) is 4.91. The molecule has 0 atom stereocenters. The van der Waals surface area contributed by atoms with Crippen molar-refractivity contribution >= 4 is 17.5 Å². The second kappa shape index (κ2) is 7.62. The van der Waals surface area contributed by atoms with Crippen LogP contribution in [0.1, 0.15) is 0 Å². The first-order valence-electron chi connectivity index (χ1n) is 6.68. The van der Waals surface area contributed by atoms with E-state index >= 15 is 0 Å². The average Bonchev–Trinajstić information content (AvgIpc) is 2.55. The van der Waals surface area contributed by atoms with Gasteiger partial charge in [0.2, 0.25) is 0 Å². The zero-order chi connectivity index (χ0) is 15.9. The third-order valence-corrected chi connectivity index (χ3v) is 2.96. The molecule has 1 aliphatic rings. The number of carbonyl (C=O) groups is 2. The summed E-state index contributed by atoms with van der Waals surface area (Å²) in [5.74, 6) is -0.434. The van der Waals surface area contributed by atoms with Crippen molar-refractivity contribution in [3.05, 3.63) is 18.2 Å². The number of fused-ring (bicyclic) bond motifs is 1. The van der Waals surface area contributed by atoms with Crippen LogP contribution >= 0.6 is 0 Å². The molecule has 1 heterocycles. The molecule has 1 aromatic carbocycles. The Morgan fingerprint density at radius 1 is 1.14 bits per heavy atom. The van der Waals surface area contributed by atoms with Crippen LogP contribution < -0.4 is 20.1 Å². The number of anilines is 1. The molecule has 0 spiro atoms. The molecule has 0 saturated heterocycles. The average molecular weight is 310 g/mol. The van der Waals surface area contributed by atoms with Crippen molar-refractivity contribution in [1.29, 1.82) is 0 Å². The molecule has 8 nitrogen and oxygen atoms in total. The fourth-order valence-corrected chi connectivity index (χ4v) is 1.83. The molecule has 2 amide bonds. The van der Waals surface area contributed by atoms with Crippen LogP contribution in [0.3, 0.4) is 0 Å². The van der Waals surface area contributed by atoms with E-state index in [0.717, 1.165) is 0 Å². The largest absolute Gasteiger partial charge is 0.486 e. The van der Waals surface area contributed by atoms with Crippen molar-refractivity contribution in [2.45, 2.75) is 6.29 Å². The number of ether oxygens (including phenoxy) is 4. The molecule has 0 aromatic heterocycles. The van der Waals surface area contributed by atoms with Gasteiger partial charge < -0.3 is 29.6 Å². The molecular weight excluding hydrogens is 292 g/mol. The molecule has 2 N–H and O–H groups in total. The standard InChI is InChI=1S/C14H18N2O6/c1-19-12(20-2)8-15-13(17)14(18)16-9-3-4-10-11(7-9)22-6-5-21-10/h3-4,7,12H,5-6,8H2,1-2H3,(H,15,17)(H,16,18). The second-order valence-corrected chi connectivity index (χ2v) is 4.42. The highest BCUT2D eigenvalue weighted by Gasteiger charge is 2.17. The first kappa shape index (κ1) is 16.1. The summed E-state index contributed by atoms with van der Waals surface area (Å²) in [6.45, 7) is 1.00. The molecule has 120 valence electrons. The maximum atomic E-state index is 11.8. The SMILES string of the molecule is COC(CNC(=O)C(=O)Nc1ccc2c(c1)OCCO2)OC. The van der Waals surface area contributed by atoms with Crippen LogP contribution in [0.2, 0.25) is 0 Å². The molecular formula is C14H18N2O6. The summed E-state index contributed by atoms with van der Waals surface area (Å²) in [6.07, 6.45) is -0.606. The van der Waals surface area contributed by atoms with Crippen molar-refractivity contribution < 1.29 is 28.5 Å². The molecule has 0 fully saturated rings. The van der Waals surface area contributed by atoms with Crippen LogP contribution in [-0.2, 0) is 19.1 Å². The lowest BCUT2D eigenvalue weighted by Gasteiger charge is -2.19. The van der Waals surface area contributed by atoms with Gasteiger partial charge in [-0.15, -0.1) is 0 Å². The monoisotopic (exact) mass is 310 g/mol. The van der Waals surface area contributed by atoms with Crippen molar-refractivity contribution in [3.63, 3.8) is 0 Å². The van der Waals surface area contributed by atoms with E-state index in [2.05, 4.69) is 10.6 Å². The van der Waals surface area contributed by atoms with Crippen LogP contribution in [0.5, 0.6) is 11.5 Å². The number of hydrogen-bond acceptors (Lipinski definition) is 6. The van der Waals surface area contributed by atoms with Gasteiger partial charge in [-0.3, -0.25) is 9.59 Å². The van der Waals surface area contributed by atoms with Gasteiger partial charge in [-0.05, 0) is 12.1 Å². The molecule has 8 heteroatoms. The van der Waals surface area contributed by atoms with E-state index < -0.39 is 18.1 Å². The minimum Gasteiger partial charge on any atom is -0.486 e. The van der Waals surface area contributed by atoms with Crippen LogP contribution in [-0.4, -0.2) is 52.1 Å². The molecule has 1 aromatic rings. The third kappa shape index (κ3) is 4.09. The van der Waals surface area contributed by atoms with Gasteiger partial charge in [0.15, 0.2) is 17.8 Å². The fourth-order valence-electron chi connectivity index (χ4n) is 1.83. The minimum atomic E-state index is -0.789. The minimum absolute atomic E-state index is 0.0698. The van der Waals surface area contributed by atoms with Gasteiger partial charge in [0.25, 0.3) is 0 Å².